The minimum atomic E-state index is -5.29. The molecular formula is C41H42N10O16S5. The average Bonchev–Trinajstić information content (AvgIpc) is 3.30. The minimum absolute atomic E-state index is 0.0974. The number of anilines is 4. The Morgan fingerprint density at radius 1 is 0.625 bits per heavy atom. The highest BCUT2D eigenvalue weighted by molar-refractivity contribution is 7.92. The largest absolute Gasteiger partial charge is 0.505 e. The molecule has 0 saturated carbocycles. The summed E-state index contributed by atoms with van der Waals surface area (Å²) in [5.74, 6) is -1.38. The van der Waals surface area contributed by atoms with Crippen LogP contribution >= 0.6 is 0 Å². The van der Waals surface area contributed by atoms with E-state index in [0.717, 1.165) is 55.2 Å². The molecule has 0 unspecified atom stereocenters. The molecule has 382 valence electrons. The van der Waals surface area contributed by atoms with Crippen molar-refractivity contribution in [1.29, 1.82) is 0 Å². The highest BCUT2D eigenvalue weighted by atomic mass is 32.3. The zero-order valence-corrected chi connectivity index (χ0v) is 41.7. The van der Waals surface area contributed by atoms with Crippen LogP contribution in [0.3, 0.4) is 0 Å². The summed E-state index contributed by atoms with van der Waals surface area (Å²) < 4.78 is 164. The number of nitrogens with zero attached hydrogens (tertiary/aromatic N) is 7. The van der Waals surface area contributed by atoms with E-state index in [1.54, 1.807) is 12.1 Å². The van der Waals surface area contributed by atoms with Crippen LogP contribution in [0.15, 0.2) is 147 Å². The number of hydrogen-bond acceptors (Lipinski definition) is 22. The predicted molar refractivity (Wildman–Crippen MR) is 263 cm³/mol. The van der Waals surface area contributed by atoms with E-state index in [1.807, 2.05) is 13.8 Å². The van der Waals surface area contributed by atoms with Gasteiger partial charge in [0.15, 0.2) is 15.6 Å². The van der Waals surface area contributed by atoms with Crippen molar-refractivity contribution >= 4 is 118 Å². The summed E-state index contributed by atoms with van der Waals surface area (Å²) >= 11 is 0. The molecule has 0 spiro atoms. The Hall–Kier alpha value is -7.23. The van der Waals surface area contributed by atoms with Gasteiger partial charge in [-0.1, -0.05) is 0 Å². The number of methoxy groups -OCH3 is 1. The van der Waals surface area contributed by atoms with Crippen molar-refractivity contribution in [2.24, 2.45) is 30.7 Å². The number of fused-ring (bicyclic) bond motifs is 1. The standard InChI is InChI=1S/C41H42N10O16S5/c1-4-51(5-2)33-22-31(42)32(23-34(33)66-3)47-44-25-6-8-28(9-7-25)50-69(55,56)30-16-12-27(13-17-30)46-49-40-36(71(60,61)62)21-24-20-35(70(57,58)59)39(38(43)37(24)41(40)52)48-45-26-10-14-29(15-11-26)68(53,54)19-18-67-72(63,64)65/h6-17,20-23,50,52H,4-5,18-19,42-43H2,1-3H3,(H,57,58,59)(H,60,61,62)(H,63,64,65). The second-order valence-corrected chi connectivity index (χ2v) is 22.5. The van der Waals surface area contributed by atoms with E-state index in [9.17, 15) is 56.3 Å². The molecule has 0 radical (unpaired) electrons. The third-order valence-electron chi connectivity index (χ3n) is 10.2. The molecule has 0 atom stereocenters. The van der Waals surface area contributed by atoms with Crippen molar-refractivity contribution in [2.45, 2.75) is 33.4 Å². The van der Waals surface area contributed by atoms with Crippen LogP contribution in [0, 0.1) is 0 Å². The molecule has 0 saturated heterocycles. The molecular weight excluding hydrogens is 1050 g/mol. The first-order chi connectivity index (χ1) is 33.6. The Morgan fingerprint density at radius 2 is 1.11 bits per heavy atom. The topological polar surface area (TPSA) is 412 Å². The van der Waals surface area contributed by atoms with Gasteiger partial charge in [0.2, 0.25) is 0 Å². The Morgan fingerprint density at radius 3 is 1.61 bits per heavy atom. The van der Waals surface area contributed by atoms with Crippen molar-refractivity contribution in [3.8, 4) is 11.5 Å². The molecule has 6 rings (SSSR count). The zero-order valence-electron chi connectivity index (χ0n) is 37.6. The van der Waals surface area contributed by atoms with Crippen molar-refractivity contribution in [3.63, 3.8) is 0 Å². The number of sulfonamides is 1. The van der Waals surface area contributed by atoms with Crippen LogP contribution < -0.4 is 25.8 Å². The lowest BCUT2D eigenvalue weighted by Crippen LogP contribution is -2.22. The third-order valence-corrected chi connectivity index (χ3v) is 15.4. The molecule has 6 aromatic carbocycles. The lowest BCUT2D eigenvalue weighted by Gasteiger charge is -2.24. The maximum Gasteiger partial charge on any atom is 0.397 e. The van der Waals surface area contributed by atoms with Crippen LogP contribution in [0.1, 0.15) is 13.8 Å². The van der Waals surface area contributed by atoms with Gasteiger partial charge in [0.1, 0.15) is 32.6 Å². The molecule has 26 nitrogen and oxygen atoms in total. The summed E-state index contributed by atoms with van der Waals surface area (Å²) in [5, 5.41) is 34.1. The van der Waals surface area contributed by atoms with Gasteiger partial charge < -0.3 is 26.2 Å². The molecule has 0 aliphatic rings. The molecule has 0 heterocycles. The summed E-state index contributed by atoms with van der Waals surface area (Å²) in [7, 11) is -22.3. The van der Waals surface area contributed by atoms with Crippen molar-refractivity contribution in [1.82, 2.24) is 0 Å². The number of hydrogen-bond donors (Lipinski definition) is 7. The number of nitrogens with one attached hydrogen (secondary N) is 1. The summed E-state index contributed by atoms with van der Waals surface area (Å²) in [4.78, 5) is -0.668. The minimum Gasteiger partial charge on any atom is -0.505 e. The van der Waals surface area contributed by atoms with Gasteiger partial charge in [-0.25, -0.2) is 21.0 Å². The summed E-state index contributed by atoms with van der Waals surface area (Å²) in [6, 6.07) is 19.5. The van der Waals surface area contributed by atoms with Gasteiger partial charge in [0.25, 0.3) is 30.3 Å². The molecule has 31 heteroatoms. The Bertz CT molecular complexity index is 3730. The van der Waals surface area contributed by atoms with Crippen LogP contribution in [-0.4, -0.2) is 93.4 Å². The van der Waals surface area contributed by atoms with Gasteiger partial charge >= 0.3 is 10.4 Å². The lowest BCUT2D eigenvalue weighted by atomic mass is 10.1. The Balaban J connectivity index is 1.24. The van der Waals surface area contributed by atoms with Crippen LogP contribution in [0.2, 0.25) is 0 Å². The van der Waals surface area contributed by atoms with Crippen LogP contribution in [0.25, 0.3) is 10.8 Å². The molecule has 0 amide bonds. The first-order valence-electron chi connectivity index (χ1n) is 20.4. The van der Waals surface area contributed by atoms with Gasteiger partial charge in [0, 0.05) is 24.8 Å². The van der Waals surface area contributed by atoms with Gasteiger partial charge in [0.05, 0.1) is 68.8 Å². The molecule has 0 aromatic heterocycles. The highest BCUT2D eigenvalue weighted by Gasteiger charge is 2.28. The van der Waals surface area contributed by atoms with Crippen molar-refractivity contribution in [3.05, 3.63) is 97.1 Å². The number of rotatable bonds is 20. The number of ether oxygens (including phenoxy) is 1. The molecule has 0 aliphatic heterocycles. The van der Waals surface area contributed by atoms with Crippen LogP contribution in [0.5, 0.6) is 11.5 Å². The van der Waals surface area contributed by atoms with Crippen LogP contribution in [0.4, 0.5) is 56.9 Å². The molecule has 0 bridgehead atoms. The summed E-state index contributed by atoms with van der Waals surface area (Å²) in [6.07, 6.45) is 0. The normalized spacial score (nSPS) is 12.9. The van der Waals surface area contributed by atoms with E-state index < -0.39 is 106 Å². The van der Waals surface area contributed by atoms with Gasteiger partial charge in [-0.15, -0.1) is 15.3 Å². The number of aromatic hydroxyl groups is 1. The average molecular weight is 1090 g/mol. The van der Waals surface area contributed by atoms with Gasteiger partial charge in [-0.2, -0.15) is 40.6 Å². The third kappa shape index (κ3) is 12.8. The molecule has 72 heavy (non-hydrogen) atoms. The Kier molecular flexibility index (Phi) is 16.0. The fraction of sp³-hybridized carbons (Fsp3) is 0.171. The van der Waals surface area contributed by atoms with Crippen molar-refractivity contribution in [2.75, 3.05) is 53.6 Å². The first-order valence-corrected chi connectivity index (χ1v) is 27.8. The van der Waals surface area contributed by atoms with Crippen LogP contribution in [-0.2, 0) is 54.7 Å². The second kappa shape index (κ2) is 21.2. The zero-order chi connectivity index (χ0) is 53.0. The molecule has 9 N–H and O–H groups in total. The summed E-state index contributed by atoms with van der Waals surface area (Å²) in [6.45, 7) is 4.56. The lowest BCUT2D eigenvalue weighted by molar-refractivity contribution is 0.284. The number of benzene rings is 6. The monoisotopic (exact) mass is 1090 g/mol. The van der Waals surface area contributed by atoms with E-state index in [0.29, 0.717) is 34.9 Å². The van der Waals surface area contributed by atoms with Gasteiger partial charge in [-0.05, 0) is 110 Å². The van der Waals surface area contributed by atoms with E-state index in [2.05, 4.69) is 44.5 Å². The number of azo groups is 3. The second-order valence-electron chi connectivity index (χ2n) is 14.8. The highest BCUT2D eigenvalue weighted by Crippen LogP contribution is 2.48. The number of sulfone groups is 1. The first kappa shape index (κ1) is 54.1. The maximum absolute atomic E-state index is 13.3. The molecule has 6 aromatic rings. The van der Waals surface area contributed by atoms with Crippen molar-refractivity contribution < 1.29 is 69.8 Å². The van der Waals surface area contributed by atoms with E-state index in [4.69, 9.17) is 20.8 Å². The molecule has 0 fully saturated rings. The quantitative estimate of drug-likeness (QED) is 0.0219. The molecule has 0 aliphatic carbocycles. The maximum atomic E-state index is 13.3. The number of phenols is 1. The van der Waals surface area contributed by atoms with E-state index >= 15 is 0 Å². The number of nitrogens with two attached hydrogens (primary N) is 2. The number of phenolic OH excluding ortho intramolecular Hbond substituents is 1. The fourth-order valence-corrected chi connectivity index (χ4v) is 10.5. The van der Waals surface area contributed by atoms with E-state index in [-0.39, 0.29) is 26.9 Å². The SMILES string of the molecule is CCN(CC)c1cc(N)c(N=Nc2ccc(NS(=O)(=O)c3ccc(N=Nc4c(S(=O)(=O)O)cc5cc(S(=O)(=O)O)c(N=Nc6ccc(S(=O)(=O)CCOS(=O)(=O)O)cc6)c(N)c5c4O)cc3)cc2)cc1OC. The summed E-state index contributed by atoms with van der Waals surface area (Å²) in [5.41, 5.74) is 11.9. The number of nitrogen functional groups attached to an aromatic ring is 2. The fourth-order valence-electron chi connectivity index (χ4n) is 6.66. The smallest absolute Gasteiger partial charge is 0.397 e. The predicted octanol–water partition coefficient (Wildman–Crippen LogP) is 7.70. The van der Waals surface area contributed by atoms with Gasteiger partial charge in [-0.3, -0.25) is 18.4 Å². The Labute approximate surface area is 412 Å². The van der Waals surface area contributed by atoms with E-state index in [1.165, 1.54) is 43.5 Å².